The number of hydrogen-bond donors (Lipinski definition) is 1. The smallest absolute Gasteiger partial charge is 0.141 e. The third kappa shape index (κ3) is 1.52. The maximum absolute atomic E-state index is 6.16. The van der Waals surface area contributed by atoms with Gasteiger partial charge >= 0.3 is 0 Å². The van der Waals surface area contributed by atoms with Crippen LogP contribution < -0.4 is 10.1 Å². The van der Waals surface area contributed by atoms with Crippen molar-refractivity contribution in [2.75, 3.05) is 19.7 Å². The highest BCUT2D eigenvalue weighted by Crippen LogP contribution is 2.41. The Morgan fingerprint density at radius 2 is 2.27 bits per heavy atom. The van der Waals surface area contributed by atoms with E-state index in [2.05, 4.69) is 11.4 Å². The fraction of sp³-hybridized carbons (Fsp3) is 0.500. The van der Waals surface area contributed by atoms with Gasteiger partial charge in [0, 0.05) is 18.0 Å². The first-order chi connectivity index (χ1) is 7.36. The van der Waals surface area contributed by atoms with E-state index in [1.165, 1.54) is 5.56 Å². The summed E-state index contributed by atoms with van der Waals surface area (Å²) in [7, 11) is 0. The van der Waals surface area contributed by atoms with Crippen molar-refractivity contribution in [2.45, 2.75) is 12.3 Å². The summed E-state index contributed by atoms with van der Waals surface area (Å²) in [5.41, 5.74) is 1.29. The first-order valence-corrected chi connectivity index (χ1v) is 5.86. The van der Waals surface area contributed by atoms with Crippen molar-refractivity contribution in [3.05, 3.63) is 28.8 Å². The van der Waals surface area contributed by atoms with E-state index < -0.39 is 0 Å². The molecule has 2 aliphatic heterocycles. The maximum Gasteiger partial charge on any atom is 0.141 e. The van der Waals surface area contributed by atoms with Gasteiger partial charge in [-0.3, -0.25) is 0 Å². The minimum absolute atomic E-state index is 0.584. The van der Waals surface area contributed by atoms with Crippen LogP contribution in [0.15, 0.2) is 18.2 Å². The molecule has 0 spiro atoms. The van der Waals surface area contributed by atoms with Gasteiger partial charge in [0.25, 0.3) is 0 Å². The quantitative estimate of drug-likeness (QED) is 0.730. The molecule has 80 valence electrons. The van der Waals surface area contributed by atoms with Crippen LogP contribution in [0.5, 0.6) is 5.75 Å². The molecule has 0 amide bonds. The standard InChI is InChI=1S/C12H14ClNO/c13-11-3-1-2-9-10-7-14-6-8(10)4-5-15-12(9)11/h1-3,8,10,14H,4-7H2. The van der Waals surface area contributed by atoms with Crippen molar-refractivity contribution in [1.82, 2.24) is 5.32 Å². The van der Waals surface area contributed by atoms with Gasteiger partial charge in [0.05, 0.1) is 11.6 Å². The molecule has 0 aromatic heterocycles. The Morgan fingerprint density at radius 1 is 1.33 bits per heavy atom. The molecule has 1 fully saturated rings. The molecule has 15 heavy (non-hydrogen) atoms. The molecule has 2 unspecified atom stereocenters. The second-order valence-corrected chi connectivity index (χ2v) is 4.73. The highest BCUT2D eigenvalue weighted by molar-refractivity contribution is 6.32. The van der Waals surface area contributed by atoms with Gasteiger partial charge in [0.1, 0.15) is 5.75 Å². The molecule has 2 nitrogen and oxygen atoms in total. The van der Waals surface area contributed by atoms with Gasteiger partial charge in [-0.15, -0.1) is 0 Å². The van der Waals surface area contributed by atoms with Gasteiger partial charge in [-0.25, -0.2) is 0 Å². The first-order valence-electron chi connectivity index (χ1n) is 5.48. The lowest BCUT2D eigenvalue weighted by atomic mass is 9.87. The maximum atomic E-state index is 6.16. The number of fused-ring (bicyclic) bond motifs is 3. The average molecular weight is 224 g/mol. The van der Waals surface area contributed by atoms with Gasteiger partial charge < -0.3 is 10.1 Å². The van der Waals surface area contributed by atoms with Crippen LogP contribution in [0.4, 0.5) is 0 Å². The van der Waals surface area contributed by atoms with Crippen molar-refractivity contribution >= 4 is 11.6 Å². The highest BCUT2D eigenvalue weighted by Gasteiger charge is 2.33. The van der Waals surface area contributed by atoms with E-state index in [0.717, 1.165) is 36.9 Å². The van der Waals surface area contributed by atoms with Crippen molar-refractivity contribution in [2.24, 2.45) is 5.92 Å². The number of rotatable bonds is 0. The number of hydrogen-bond acceptors (Lipinski definition) is 2. The van der Waals surface area contributed by atoms with Crippen molar-refractivity contribution in [3.8, 4) is 5.75 Å². The van der Waals surface area contributed by atoms with Crippen LogP contribution in [0.25, 0.3) is 0 Å². The zero-order chi connectivity index (χ0) is 10.3. The van der Waals surface area contributed by atoms with Crippen LogP contribution in [0, 0.1) is 5.92 Å². The number of benzene rings is 1. The van der Waals surface area contributed by atoms with E-state index in [1.807, 2.05) is 12.1 Å². The molecule has 2 aliphatic rings. The Morgan fingerprint density at radius 3 is 3.20 bits per heavy atom. The third-order valence-corrected chi connectivity index (χ3v) is 3.77. The Labute approximate surface area is 94.6 Å². The Kier molecular flexibility index (Phi) is 2.33. The Hall–Kier alpha value is -0.730. The predicted octanol–water partition coefficient (Wildman–Crippen LogP) is 2.43. The molecule has 0 radical (unpaired) electrons. The van der Waals surface area contributed by atoms with Crippen molar-refractivity contribution < 1.29 is 4.74 Å². The second-order valence-electron chi connectivity index (χ2n) is 4.32. The van der Waals surface area contributed by atoms with Gasteiger partial charge in [-0.1, -0.05) is 23.7 Å². The van der Waals surface area contributed by atoms with Crippen LogP contribution >= 0.6 is 11.6 Å². The first kappa shape index (κ1) is 9.49. The topological polar surface area (TPSA) is 21.3 Å². The van der Waals surface area contributed by atoms with Crippen LogP contribution in [-0.4, -0.2) is 19.7 Å². The normalized spacial score (nSPS) is 28.9. The Bertz CT molecular complexity index is 380. The molecule has 0 saturated carbocycles. The molecule has 1 saturated heterocycles. The molecule has 2 heterocycles. The van der Waals surface area contributed by atoms with Crippen LogP contribution in [0.2, 0.25) is 5.02 Å². The zero-order valence-electron chi connectivity index (χ0n) is 8.50. The summed E-state index contributed by atoms with van der Waals surface area (Å²) in [6, 6.07) is 6.07. The van der Waals surface area contributed by atoms with Crippen molar-refractivity contribution in [3.63, 3.8) is 0 Å². The van der Waals surface area contributed by atoms with Gasteiger partial charge in [0.15, 0.2) is 0 Å². The monoisotopic (exact) mass is 223 g/mol. The third-order valence-electron chi connectivity index (χ3n) is 3.47. The zero-order valence-corrected chi connectivity index (χ0v) is 9.26. The van der Waals surface area contributed by atoms with E-state index >= 15 is 0 Å². The van der Waals surface area contributed by atoms with E-state index in [-0.39, 0.29) is 0 Å². The lowest BCUT2D eigenvalue weighted by Gasteiger charge is -2.16. The summed E-state index contributed by atoms with van der Waals surface area (Å²) >= 11 is 6.16. The lowest BCUT2D eigenvalue weighted by molar-refractivity contribution is 0.296. The van der Waals surface area contributed by atoms with Gasteiger partial charge in [0.2, 0.25) is 0 Å². The van der Waals surface area contributed by atoms with E-state index in [4.69, 9.17) is 16.3 Å². The second kappa shape index (κ2) is 3.69. The summed E-state index contributed by atoms with van der Waals surface area (Å²) in [6.07, 6.45) is 1.13. The van der Waals surface area contributed by atoms with E-state index in [0.29, 0.717) is 11.8 Å². The fourth-order valence-corrected chi connectivity index (χ4v) is 2.92. The minimum Gasteiger partial charge on any atom is -0.492 e. The summed E-state index contributed by atoms with van der Waals surface area (Å²) < 4.78 is 5.76. The predicted molar refractivity (Wildman–Crippen MR) is 60.7 cm³/mol. The summed E-state index contributed by atoms with van der Waals surface area (Å²) in [5, 5.41) is 4.20. The SMILES string of the molecule is Clc1cccc2c1OCCC1CNCC21. The van der Waals surface area contributed by atoms with Crippen LogP contribution in [-0.2, 0) is 0 Å². The molecule has 3 heteroatoms. The minimum atomic E-state index is 0.584. The number of nitrogens with one attached hydrogen (secondary N) is 1. The summed E-state index contributed by atoms with van der Waals surface area (Å²) in [6.45, 7) is 2.96. The van der Waals surface area contributed by atoms with Crippen molar-refractivity contribution in [1.29, 1.82) is 0 Å². The summed E-state index contributed by atoms with van der Waals surface area (Å²) in [5.74, 6) is 2.21. The fourth-order valence-electron chi connectivity index (χ4n) is 2.68. The lowest BCUT2D eigenvalue weighted by Crippen LogP contribution is -2.11. The highest BCUT2D eigenvalue weighted by atomic mass is 35.5. The molecule has 0 bridgehead atoms. The molecular formula is C12H14ClNO. The summed E-state index contributed by atoms with van der Waals surface area (Å²) in [4.78, 5) is 0. The molecule has 2 atom stereocenters. The molecule has 1 aromatic carbocycles. The van der Waals surface area contributed by atoms with Crippen LogP contribution in [0.3, 0.4) is 0 Å². The number of ether oxygens (including phenoxy) is 1. The van der Waals surface area contributed by atoms with Crippen LogP contribution in [0.1, 0.15) is 17.9 Å². The molecular weight excluding hydrogens is 210 g/mol. The van der Waals surface area contributed by atoms with E-state index in [1.54, 1.807) is 0 Å². The molecule has 0 aliphatic carbocycles. The van der Waals surface area contributed by atoms with E-state index in [9.17, 15) is 0 Å². The van der Waals surface area contributed by atoms with Gasteiger partial charge in [-0.05, 0) is 24.9 Å². The molecule has 3 rings (SSSR count). The van der Waals surface area contributed by atoms with Gasteiger partial charge in [-0.2, -0.15) is 0 Å². The number of halogens is 1. The largest absolute Gasteiger partial charge is 0.492 e. The average Bonchev–Trinajstić information content (AvgIpc) is 2.62. The number of para-hydroxylation sites is 1. The molecule has 1 aromatic rings. The Balaban J connectivity index is 2.09. The molecule has 1 N–H and O–H groups in total.